The second-order valence-corrected chi connectivity index (χ2v) is 4.74. The molecule has 0 atom stereocenters. The molecule has 3 rings (SSSR count). The highest BCUT2D eigenvalue weighted by molar-refractivity contribution is 5.86. The molecule has 2 aromatic rings. The number of anilines is 1. The van der Waals surface area contributed by atoms with Gasteiger partial charge in [-0.25, -0.2) is 0 Å². The van der Waals surface area contributed by atoms with E-state index in [1.807, 2.05) is 36.4 Å². The Kier molecular flexibility index (Phi) is 3.16. The second kappa shape index (κ2) is 5.12. The highest BCUT2D eigenvalue weighted by Gasteiger charge is 2.10. The average Bonchev–Trinajstić information content (AvgIpc) is 2.60. The van der Waals surface area contributed by atoms with Crippen molar-refractivity contribution < 1.29 is 5.11 Å². The van der Waals surface area contributed by atoms with Gasteiger partial charge in [0.2, 0.25) is 0 Å². The number of benzene rings is 2. The van der Waals surface area contributed by atoms with Crippen LogP contribution < -0.4 is 5.32 Å². The highest BCUT2D eigenvalue weighted by Crippen LogP contribution is 2.28. The predicted molar refractivity (Wildman–Crippen MR) is 83.3 cm³/mol. The van der Waals surface area contributed by atoms with Gasteiger partial charge in [0.1, 0.15) is 5.75 Å². The number of phenolic OH excluding ortho intramolecular Hbond substituents is 1. The van der Waals surface area contributed by atoms with Gasteiger partial charge in [-0.1, -0.05) is 30.3 Å². The van der Waals surface area contributed by atoms with Crippen molar-refractivity contribution in [3.05, 3.63) is 77.5 Å². The molecule has 20 heavy (non-hydrogen) atoms. The van der Waals surface area contributed by atoms with Crippen LogP contribution in [0.3, 0.4) is 0 Å². The van der Waals surface area contributed by atoms with Crippen molar-refractivity contribution in [2.45, 2.75) is 6.92 Å². The maximum atomic E-state index is 9.55. The number of aromatic hydroxyl groups is 1. The topological polar surface area (TPSA) is 32.3 Å². The molecule has 0 aliphatic heterocycles. The smallest absolute Gasteiger partial charge is 0.117 e. The Balaban J connectivity index is 2.03. The van der Waals surface area contributed by atoms with Crippen molar-refractivity contribution in [3.63, 3.8) is 0 Å². The number of allylic oxidation sites excluding steroid dienone is 2. The molecule has 0 saturated heterocycles. The molecule has 0 amide bonds. The van der Waals surface area contributed by atoms with E-state index < -0.39 is 0 Å². The SMILES string of the molecule is CC1=C=CC=C(Nc2cccc(O)c2)c2ccccc21. The van der Waals surface area contributed by atoms with Crippen LogP contribution in [-0.2, 0) is 0 Å². The van der Waals surface area contributed by atoms with Crippen LogP contribution in [0.4, 0.5) is 5.69 Å². The number of hydrogen-bond donors (Lipinski definition) is 2. The number of hydrogen-bond acceptors (Lipinski definition) is 2. The van der Waals surface area contributed by atoms with Crippen molar-refractivity contribution in [1.29, 1.82) is 0 Å². The monoisotopic (exact) mass is 261 g/mol. The highest BCUT2D eigenvalue weighted by atomic mass is 16.3. The van der Waals surface area contributed by atoms with Crippen LogP contribution in [0.15, 0.2) is 66.4 Å². The average molecular weight is 261 g/mol. The van der Waals surface area contributed by atoms with Crippen molar-refractivity contribution in [2.75, 3.05) is 5.32 Å². The number of phenols is 1. The van der Waals surface area contributed by atoms with Gasteiger partial charge in [-0.3, -0.25) is 0 Å². The zero-order valence-corrected chi connectivity index (χ0v) is 11.2. The summed E-state index contributed by atoms with van der Waals surface area (Å²) in [6, 6.07) is 15.3. The van der Waals surface area contributed by atoms with Gasteiger partial charge in [-0.15, -0.1) is 5.73 Å². The molecule has 2 heteroatoms. The lowest BCUT2D eigenvalue weighted by Gasteiger charge is -2.14. The fourth-order valence-corrected chi connectivity index (χ4v) is 2.31. The molecular formula is C18H15NO. The van der Waals surface area contributed by atoms with E-state index in [1.54, 1.807) is 12.1 Å². The van der Waals surface area contributed by atoms with Crippen LogP contribution in [0.25, 0.3) is 11.3 Å². The molecule has 2 aromatic carbocycles. The molecule has 1 aliphatic rings. The predicted octanol–water partition coefficient (Wildman–Crippen LogP) is 4.42. The minimum Gasteiger partial charge on any atom is -0.508 e. The van der Waals surface area contributed by atoms with E-state index in [9.17, 15) is 5.11 Å². The zero-order valence-electron chi connectivity index (χ0n) is 11.2. The molecular weight excluding hydrogens is 246 g/mol. The van der Waals surface area contributed by atoms with Gasteiger partial charge in [-0.2, -0.15) is 0 Å². The van der Waals surface area contributed by atoms with Crippen molar-refractivity contribution in [1.82, 2.24) is 0 Å². The van der Waals surface area contributed by atoms with E-state index in [4.69, 9.17) is 0 Å². The van der Waals surface area contributed by atoms with Crippen molar-refractivity contribution in [2.24, 2.45) is 0 Å². The molecule has 0 spiro atoms. The first kappa shape index (κ1) is 12.3. The summed E-state index contributed by atoms with van der Waals surface area (Å²) in [5, 5.41) is 12.9. The Labute approximate surface area is 118 Å². The van der Waals surface area contributed by atoms with Gasteiger partial charge < -0.3 is 10.4 Å². The normalized spacial score (nSPS) is 13.1. The third-order valence-corrected chi connectivity index (χ3v) is 3.30. The van der Waals surface area contributed by atoms with Crippen LogP contribution in [0.5, 0.6) is 5.75 Å². The molecule has 2 N–H and O–H groups in total. The van der Waals surface area contributed by atoms with Crippen LogP contribution in [0, 0.1) is 0 Å². The van der Waals surface area contributed by atoms with E-state index in [2.05, 4.69) is 30.1 Å². The molecule has 0 unspecified atom stereocenters. The summed E-state index contributed by atoms with van der Waals surface area (Å²) in [5.41, 5.74) is 8.53. The summed E-state index contributed by atoms with van der Waals surface area (Å²) >= 11 is 0. The third kappa shape index (κ3) is 2.37. The van der Waals surface area contributed by atoms with Gasteiger partial charge in [0, 0.05) is 23.0 Å². The first-order valence-corrected chi connectivity index (χ1v) is 6.53. The molecule has 0 fully saturated rings. The fraction of sp³-hybridized carbons (Fsp3) is 0.0556. The molecule has 2 nitrogen and oxygen atoms in total. The standard InChI is InChI=1S/C18H15NO/c1-13-6-4-11-18(17-10-3-2-9-16(13)17)19-14-7-5-8-15(20)12-14/h2-5,7-12,19-20H,1H3. The summed E-state index contributed by atoms with van der Waals surface area (Å²) < 4.78 is 0. The van der Waals surface area contributed by atoms with Gasteiger partial charge in [0.25, 0.3) is 0 Å². The van der Waals surface area contributed by atoms with Gasteiger partial charge >= 0.3 is 0 Å². The lowest BCUT2D eigenvalue weighted by Crippen LogP contribution is -2.00. The summed E-state index contributed by atoms with van der Waals surface area (Å²) in [7, 11) is 0. The van der Waals surface area contributed by atoms with E-state index in [1.165, 1.54) is 5.56 Å². The maximum absolute atomic E-state index is 9.55. The Morgan fingerprint density at radius 2 is 1.80 bits per heavy atom. The van der Waals surface area contributed by atoms with Crippen LogP contribution >= 0.6 is 0 Å². The lowest BCUT2D eigenvalue weighted by atomic mass is 10.00. The van der Waals surface area contributed by atoms with Gasteiger partial charge in [-0.05, 0) is 42.3 Å². The van der Waals surface area contributed by atoms with Gasteiger partial charge in [0.05, 0.1) is 0 Å². The Morgan fingerprint density at radius 3 is 2.60 bits per heavy atom. The number of fused-ring (bicyclic) bond motifs is 1. The maximum Gasteiger partial charge on any atom is 0.117 e. The molecule has 0 bridgehead atoms. The largest absolute Gasteiger partial charge is 0.508 e. The Morgan fingerprint density at radius 1 is 1.00 bits per heavy atom. The van der Waals surface area contributed by atoms with E-state index >= 15 is 0 Å². The summed E-state index contributed by atoms with van der Waals surface area (Å²) in [6.45, 7) is 2.06. The second-order valence-electron chi connectivity index (χ2n) is 4.74. The summed E-state index contributed by atoms with van der Waals surface area (Å²) in [6.07, 6.45) is 3.92. The Hall–Kier alpha value is -2.70. The van der Waals surface area contributed by atoms with Crippen molar-refractivity contribution in [3.8, 4) is 5.75 Å². The molecule has 98 valence electrons. The van der Waals surface area contributed by atoms with E-state index in [0.717, 1.165) is 22.5 Å². The number of rotatable bonds is 2. The minimum absolute atomic E-state index is 0.252. The molecule has 0 heterocycles. The molecule has 0 aromatic heterocycles. The van der Waals surface area contributed by atoms with Gasteiger partial charge in [0.15, 0.2) is 0 Å². The minimum atomic E-state index is 0.252. The van der Waals surface area contributed by atoms with E-state index in [-0.39, 0.29) is 5.75 Å². The fourth-order valence-electron chi connectivity index (χ4n) is 2.31. The first-order valence-electron chi connectivity index (χ1n) is 6.53. The van der Waals surface area contributed by atoms with Crippen LogP contribution in [0.1, 0.15) is 18.1 Å². The quantitative estimate of drug-likeness (QED) is 0.784. The third-order valence-electron chi connectivity index (χ3n) is 3.30. The zero-order chi connectivity index (χ0) is 13.9. The molecule has 0 saturated carbocycles. The molecule has 1 aliphatic carbocycles. The first-order chi connectivity index (χ1) is 9.74. The van der Waals surface area contributed by atoms with Crippen LogP contribution in [0.2, 0.25) is 0 Å². The molecule has 0 radical (unpaired) electrons. The number of nitrogens with one attached hydrogen (secondary N) is 1. The lowest BCUT2D eigenvalue weighted by molar-refractivity contribution is 0.475. The Bertz CT molecular complexity index is 750. The van der Waals surface area contributed by atoms with Crippen LogP contribution in [-0.4, -0.2) is 5.11 Å². The summed E-state index contributed by atoms with van der Waals surface area (Å²) in [5.74, 6) is 0.252. The van der Waals surface area contributed by atoms with Crippen molar-refractivity contribution >= 4 is 17.0 Å². The summed E-state index contributed by atoms with van der Waals surface area (Å²) in [4.78, 5) is 0. The van der Waals surface area contributed by atoms with E-state index in [0.29, 0.717) is 0 Å².